The number of likely N-dealkylation sites (tertiary alicyclic amines) is 1. The van der Waals surface area contributed by atoms with Crippen LogP contribution < -0.4 is 0 Å². The fourth-order valence-corrected chi connectivity index (χ4v) is 2.67. The summed E-state index contributed by atoms with van der Waals surface area (Å²) in [6, 6.07) is 5.06. The molecule has 1 atom stereocenters. The first-order chi connectivity index (χ1) is 8.59. The lowest BCUT2D eigenvalue weighted by Crippen LogP contribution is -2.37. The van der Waals surface area contributed by atoms with Gasteiger partial charge in [0.15, 0.2) is 0 Å². The maximum Gasteiger partial charge on any atom is 0.245 e. The van der Waals surface area contributed by atoms with E-state index >= 15 is 0 Å². The third-order valence-corrected chi connectivity index (χ3v) is 4.30. The number of rotatable bonds is 2. The Balaban J connectivity index is 2.11. The Morgan fingerprint density at radius 1 is 1.11 bits per heavy atom. The van der Waals surface area contributed by atoms with E-state index in [1.807, 2.05) is 4.90 Å². The second-order valence-electron chi connectivity index (χ2n) is 4.42. The average Bonchev–Trinajstić information content (AvgIpc) is 2.41. The first-order valence-corrected chi connectivity index (χ1v) is 7.16. The van der Waals surface area contributed by atoms with E-state index < -0.39 is 5.38 Å². The number of halogens is 3. The van der Waals surface area contributed by atoms with E-state index in [0.717, 1.165) is 25.9 Å². The summed E-state index contributed by atoms with van der Waals surface area (Å²) in [7, 11) is 0. The van der Waals surface area contributed by atoms with Gasteiger partial charge in [-0.15, -0.1) is 11.6 Å². The summed E-state index contributed by atoms with van der Waals surface area (Å²) < 4.78 is 0. The Labute approximate surface area is 122 Å². The van der Waals surface area contributed by atoms with Gasteiger partial charge in [0, 0.05) is 13.1 Å². The number of piperidine rings is 1. The van der Waals surface area contributed by atoms with Crippen LogP contribution in [0.2, 0.25) is 10.0 Å². The number of amides is 1. The molecule has 1 aliphatic heterocycles. The number of carbonyl (C=O) groups is 1. The maximum absolute atomic E-state index is 12.2. The number of alkyl halides is 1. The van der Waals surface area contributed by atoms with Gasteiger partial charge in [-0.3, -0.25) is 4.79 Å². The molecule has 0 radical (unpaired) electrons. The molecule has 5 heteroatoms. The van der Waals surface area contributed by atoms with E-state index in [1.54, 1.807) is 18.2 Å². The Hall–Kier alpha value is -0.440. The topological polar surface area (TPSA) is 20.3 Å². The van der Waals surface area contributed by atoms with Crippen LogP contribution >= 0.6 is 34.8 Å². The molecule has 0 bridgehead atoms. The molecule has 0 aromatic heterocycles. The van der Waals surface area contributed by atoms with Crippen molar-refractivity contribution in [2.45, 2.75) is 24.6 Å². The molecule has 2 rings (SSSR count). The number of nitrogens with zero attached hydrogens (tertiary/aromatic N) is 1. The summed E-state index contributed by atoms with van der Waals surface area (Å²) in [6.07, 6.45) is 3.29. The van der Waals surface area contributed by atoms with Crippen LogP contribution in [-0.2, 0) is 4.79 Å². The van der Waals surface area contributed by atoms with Gasteiger partial charge in [0.2, 0.25) is 5.91 Å². The zero-order valence-corrected chi connectivity index (χ0v) is 12.1. The van der Waals surface area contributed by atoms with Crippen LogP contribution in [0.3, 0.4) is 0 Å². The highest BCUT2D eigenvalue weighted by atomic mass is 35.5. The summed E-state index contributed by atoms with van der Waals surface area (Å²) in [5.41, 5.74) is 0.696. The molecule has 98 valence electrons. The number of benzene rings is 1. The lowest BCUT2D eigenvalue weighted by Gasteiger charge is -2.28. The Kier molecular flexibility index (Phi) is 4.77. The van der Waals surface area contributed by atoms with E-state index in [1.165, 1.54) is 6.42 Å². The highest BCUT2D eigenvalue weighted by Gasteiger charge is 2.25. The lowest BCUT2D eigenvalue weighted by molar-refractivity contribution is -0.131. The number of hydrogen-bond donors (Lipinski definition) is 0. The third kappa shape index (κ3) is 3.11. The van der Waals surface area contributed by atoms with Crippen molar-refractivity contribution in [2.24, 2.45) is 0 Å². The van der Waals surface area contributed by atoms with Crippen molar-refractivity contribution in [3.8, 4) is 0 Å². The van der Waals surface area contributed by atoms with Crippen molar-refractivity contribution in [1.29, 1.82) is 0 Å². The third-order valence-electron chi connectivity index (χ3n) is 3.12. The molecule has 1 amide bonds. The minimum atomic E-state index is -0.683. The van der Waals surface area contributed by atoms with Crippen molar-refractivity contribution in [1.82, 2.24) is 4.90 Å². The molecular weight excluding hydrogens is 293 g/mol. The smallest absolute Gasteiger partial charge is 0.245 e. The first kappa shape index (κ1) is 14.0. The number of carbonyl (C=O) groups excluding carboxylic acids is 1. The van der Waals surface area contributed by atoms with Gasteiger partial charge in [0.1, 0.15) is 5.38 Å². The molecule has 0 N–H and O–H groups in total. The van der Waals surface area contributed by atoms with E-state index in [4.69, 9.17) is 34.8 Å². The quantitative estimate of drug-likeness (QED) is 0.747. The monoisotopic (exact) mass is 305 g/mol. The van der Waals surface area contributed by atoms with Crippen LogP contribution in [0, 0.1) is 0 Å². The molecule has 1 saturated heterocycles. The molecule has 1 aliphatic rings. The predicted molar refractivity (Wildman–Crippen MR) is 75.5 cm³/mol. The molecule has 0 saturated carbocycles. The maximum atomic E-state index is 12.2. The first-order valence-electron chi connectivity index (χ1n) is 5.97. The van der Waals surface area contributed by atoms with Gasteiger partial charge < -0.3 is 4.90 Å². The van der Waals surface area contributed by atoms with Gasteiger partial charge in [0.25, 0.3) is 0 Å². The molecular formula is C13H14Cl3NO. The summed E-state index contributed by atoms with van der Waals surface area (Å²) >= 11 is 18.0. The zero-order valence-electron chi connectivity index (χ0n) is 9.83. The lowest BCUT2D eigenvalue weighted by atomic mass is 10.1. The highest BCUT2D eigenvalue weighted by Crippen LogP contribution is 2.30. The minimum absolute atomic E-state index is 0.0465. The standard InChI is InChI=1S/C13H14Cl3NO/c14-10-5-4-9(8-11(10)15)12(16)13(18)17-6-2-1-3-7-17/h4-5,8,12H,1-3,6-7H2. The van der Waals surface area contributed by atoms with Crippen LogP contribution in [0.4, 0.5) is 0 Å². The van der Waals surface area contributed by atoms with Crippen LogP contribution in [0.25, 0.3) is 0 Å². The van der Waals surface area contributed by atoms with Crippen molar-refractivity contribution >= 4 is 40.7 Å². The molecule has 18 heavy (non-hydrogen) atoms. The Morgan fingerprint density at radius 3 is 2.39 bits per heavy atom. The summed E-state index contributed by atoms with van der Waals surface area (Å²) in [6.45, 7) is 1.59. The van der Waals surface area contributed by atoms with Crippen molar-refractivity contribution < 1.29 is 4.79 Å². The second-order valence-corrected chi connectivity index (χ2v) is 5.67. The van der Waals surface area contributed by atoms with Crippen LogP contribution in [0.15, 0.2) is 18.2 Å². The van der Waals surface area contributed by atoms with Crippen molar-refractivity contribution in [3.63, 3.8) is 0 Å². The summed E-state index contributed by atoms with van der Waals surface area (Å²) in [4.78, 5) is 14.0. The molecule has 2 nitrogen and oxygen atoms in total. The van der Waals surface area contributed by atoms with Gasteiger partial charge in [-0.2, -0.15) is 0 Å². The van der Waals surface area contributed by atoms with Gasteiger partial charge in [-0.1, -0.05) is 29.3 Å². The van der Waals surface area contributed by atoms with Crippen LogP contribution in [-0.4, -0.2) is 23.9 Å². The van der Waals surface area contributed by atoms with Gasteiger partial charge in [-0.05, 0) is 37.0 Å². The molecule has 1 heterocycles. The summed E-state index contributed by atoms with van der Waals surface area (Å²) in [5, 5.41) is 0.207. The molecule has 1 aromatic rings. The van der Waals surface area contributed by atoms with E-state index in [0.29, 0.717) is 15.6 Å². The molecule has 1 aromatic carbocycles. The second kappa shape index (κ2) is 6.14. The molecule has 0 spiro atoms. The Bertz CT molecular complexity index is 444. The van der Waals surface area contributed by atoms with Crippen LogP contribution in [0.1, 0.15) is 30.2 Å². The summed E-state index contributed by atoms with van der Waals surface area (Å²) in [5.74, 6) is -0.0465. The molecule has 0 aliphatic carbocycles. The van der Waals surface area contributed by atoms with Crippen LogP contribution in [0.5, 0.6) is 0 Å². The van der Waals surface area contributed by atoms with E-state index in [9.17, 15) is 4.79 Å². The van der Waals surface area contributed by atoms with Gasteiger partial charge >= 0.3 is 0 Å². The fourth-order valence-electron chi connectivity index (χ4n) is 2.09. The van der Waals surface area contributed by atoms with Crippen molar-refractivity contribution in [3.05, 3.63) is 33.8 Å². The zero-order chi connectivity index (χ0) is 13.1. The minimum Gasteiger partial charge on any atom is -0.341 e. The molecule has 1 fully saturated rings. The number of hydrogen-bond acceptors (Lipinski definition) is 1. The fraction of sp³-hybridized carbons (Fsp3) is 0.462. The Morgan fingerprint density at radius 2 is 1.78 bits per heavy atom. The highest BCUT2D eigenvalue weighted by molar-refractivity contribution is 6.42. The van der Waals surface area contributed by atoms with E-state index in [-0.39, 0.29) is 5.91 Å². The molecule has 1 unspecified atom stereocenters. The SMILES string of the molecule is O=C(C(Cl)c1ccc(Cl)c(Cl)c1)N1CCCCC1. The van der Waals surface area contributed by atoms with Gasteiger partial charge in [0.05, 0.1) is 10.0 Å². The van der Waals surface area contributed by atoms with Crippen molar-refractivity contribution in [2.75, 3.05) is 13.1 Å². The largest absolute Gasteiger partial charge is 0.341 e. The predicted octanol–water partition coefficient (Wildman–Crippen LogP) is 4.29. The normalized spacial score (nSPS) is 17.6. The average molecular weight is 307 g/mol. The van der Waals surface area contributed by atoms with Gasteiger partial charge in [-0.25, -0.2) is 0 Å². The van der Waals surface area contributed by atoms with E-state index in [2.05, 4.69) is 0 Å².